The Labute approximate surface area is 154 Å². The van der Waals surface area contributed by atoms with Gasteiger partial charge < -0.3 is 10.6 Å². The molecule has 0 spiro atoms. The van der Waals surface area contributed by atoms with Gasteiger partial charge in [0.15, 0.2) is 0 Å². The minimum absolute atomic E-state index is 0.184. The van der Waals surface area contributed by atoms with Crippen LogP contribution in [0.15, 0.2) is 53.4 Å². The summed E-state index contributed by atoms with van der Waals surface area (Å²) >= 11 is 0. The SMILES string of the molecule is CN(C)S(=O)(=O)c1ccc(NC(=O)NCc2ccc(C3CC3)cc2)cc1. The molecule has 2 aromatic carbocycles. The fraction of sp³-hybridized carbons (Fsp3) is 0.316. The van der Waals surface area contributed by atoms with Gasteiger partial charge >= 0.3 is 6.03 Å². The van der Waals surface area contributed by atoms with Crippen molar-refractivity contribution in [2.45, 2.75) is 30.2 Å². The third-order valence-electron chi connectivity index (χ3n) is 4.37. The summed E-state index contributed by atoms with van der Waals surface area (Å²) in [4.78, 5) is 12.2. The molecule has 0 atom stereocenters. The van der Waals surface area contributed by atoms with Crippen LogP contribution in [0.4, 0.5) is 10.5 Å². The predicted molar refractivity (Wildman–Crippen MR) is 102 cm³/mol. The van der Waals surface area contributed by atoms with Crippen molar-refractivity contribution in [3.8, 4) is 0 Å². The zero-order valence-corrected chi connectivity index (χ0v) is 15.7. The molecule has 7 heteroatoms. The Balaban J connectivity index is 1.53. The highest BCUT2D eigenvalue weighted by Gasteiger charge is 2.22. The van der Waals surface area contributed by atoms with Crippen LogP contribution in [0.1, 0.15) is 29.9 Å². The van der Waals surface area contributed by atoms with Gasteiger partial charge in [0.25, 0.3) is 0 Å². The Bertz CT molecular complexity index is 871. The second kappa shape index (κ2) is 7.47. The highest BCUT2D eigenvalue weighted by atomic mass is 32.2. The monoisotopic (exact) mass is 373 g/mol. The predicted octanol–water partition coefficient (Wildman–Crippen LogP) is 3.14. The molecule has 26 heavy (non-hydrogen) atoms. The largest absolute Gasteiger partial charge is 0.334 e. The van der Waals surface area contributed by atoms with Gasteiger partial charge in [-0.05, 0) is 54.2 Å². The minimum atomic E-state index is -3.47. The molecule has 3 rings (SSSR count). The van der Waals surface area contributed by atoms with Gasteiger partial charge in [-0.2, -0.15) is 0 Å². The Morgan fingerprint density at radius 1 is 1.04 bits per heavy atom. The number of nitrogens with zero attached hydrogens (tertiary/aromatic N) is 1. The maximum Gasteiger partial charge on any atom is 0.319 e. The summed E-state index contributed by atoms with van der Waals surface area (Å²) in [5.74, 6) is 0.722. The summed E-state index contributed by atoms with van der Waals surface area (Å²) in [5.41, 5.74) is 2.94. The summed E-state index contributed by atoms with van der Waals surface area (Å²) in [6.07, 6.45) is 2.54. The van der Waals surface area contributed by atoms with E-state index in [1.165, 1.54) is 44.6 Å². The Morgan fingerprint density at radius 3 is 2.19 bits per heavy atom. The smallest absolute Gasteiger partial charge is 0.319 e. The summed E-state index contributed by atoms with van der Waals surface area (Å²) in [7, 11) is -0.512. The van der Waals surface area contributed by atoms with Crippen LogP contribution in [0.5, 0.6) is 0 Å². The Hall–Kier alpha value is -2.38. The first-order valence-corrected chi connectivity index (χ1v) is 9.96. The molecule has 0 aliphatic heterocycles. The number of anilines is 1. The lowest BCUT2D eigenvalue weighted by molar-refractivity contribution is 0.251. The molecule has 138 valence electrons. The molecule has 0 bridgehead atoms. The lowest BCUT2D eigenvalue weighted by Gasteiger charge is -2.12. The molecule has 0 unspecified atom stereocenters. The van der Waals surface area contributed by atoms with Gasteiger partial charge in [-0.1, -0.05) is 24.3 Å². The van der Waals surface area contributed by atoms with Crippen molar-refractivity contribution in [2.24, 2.45) is 0 Å². The van der Waals surface area contributed by atoms with E-state index in [1.807, 2.05) is 12.1 Å². The van der Waals surface area contributed by atoms with Crippen molar-refractivity contribution in [1.29, 1.82) is 0 Å². The normalized spacial score (nSPS) is 14.3. The molecule has 0 heterocycles. The quantitative estimate of drug-likeness (QED) is 0.816. The molecule has 2 amide bonds. The molecular weight excluding hydrogens is 350 g/mol. The first-order chi connectivity index (χ1) is 12.4. The zero-order valence-electron chi connectivity index (χ0n) is 14.9. The number of amides is 2. The molecule has 0 saturated heterocycles. The number of carbonyl (C=O) groups excluding carboxylic acids is 1. The molecule has 6 nitrogen and oxygen atoms in total. The van der Waals surface area contributed by atoms with E-state index in [-0.39, 0.29) is 10.9 Å². The third-order valence-corrected chi connectivity index (χ3v) is 6.20. The van der Waals surface area contributed by atoms with Crippen LogP contribution in [-0.4, -0.2) is 32.8 Å². The van der Waals surface area contributed by atoms with Crippen LogP contribution in [0.2, 0.25) is 0 Å². The standard InChI is InChI=1S/C19H23N3O3S/c1-22(2)26(24,25)18-11-9-17(10-12-18)21-19(23)20-13-14-3-5-15(6-4-14)16-7-8-16/h3-6,9-12,16H,7-8,13H2,1-2H3,(H2,20,21,23). The van der Waals surface area contributed by atoms with Gasteiger partial charge in [0, 0.05) is 26.3 Å². The fourth-order valence-electron chi connectivity index (χ4n) is 2.60. The van der Waals surface area contributed by atoms with E-state index < -0.39 is 10.0 Å². The zero-order chi connectivity index (χ0) is 18.7. The van der Waals surface area contributed by atoms with Crippen molar-refractivity contribution >= 4 is 21.7 Å². The summed E-state index contributed by atoms with van der Waals surface area (Å²) in [5, 5.41) is 5.50. The molecule has 0 aromatic heterocycles. The lowest BCUT2D eigenvalue weighted by Crippen LogP contribution is -2.28. The van der Waals surface area contributed by atoms with E-state index in [1.54, 1.807) is 12.1 Å². The van der Waals surface area contributed by atoms with E-state index in [4.69, 9.17) is 0 Å². The highest BCUT2D eigenvalue weighted by molar-refractivity contribution is 7.89. The molecule has 0 radical (unpaired) electrons. The summed E-state index contributed by atoms with van der Waals surface area (Å²) in [6.45, 7) is 0.434. The van der Waals surface area contributed by atoms with Crippen molar-refractivity contribution in [3.63, 3.8) is 0 Å². The average molecular weight is 373 g/mol. The van der Waals surface area contributed by atoms with Gasteiger partial charge in [-0.15, -0.1) is 0 Å². The molecule has 1 saturated carbocycles. The number of hydrogen-bond donors (Lipinski definition) is 2. The first kappa shape index (κ1) is 18.4. The van der Waals surface area contributed by atoms with Gasteiger partial charge in [0.05, 0.1) is 4.90 Å². The van der Waals surface area contributed by atoms with Gasteiger partial charge in [0.1, 0.15) is 0 Å². The Morgan fingerprint density at radius 2 is 1.65 bits per heavy atom. The van der Waals surface area contributed by atoms with Crippen LogP contribution in [0, 0.1) is 0 Å². The maximum atomic E-state index is 12.0. The second-order valence-corrected chi connectivity index (χ2v) is 8.79. The number of nitrogens with one attached hydrogen (secondary N) is 2. The van der Waals surface area contributed by atoms with Crippen LogP contribution in [-0.2, 0) is 16.6 Å². The number of hydrogen-bond acceptors (Lipinski definition) is 3. The minimum Gasteiger partial charge on any atom is -0.334 e. The van der Waals surface area contributed by atoms with Gasteiger partial charge in [-0.25, -0.2) is 17.5 Å². The van der Waals surface area contributed by atoms with E-state index in [0.29, 0.717) is 12.2 Å². The molecule has 2 N–H and O–H groups in total. The van der Waals surface area contributed by atoms with Crippen LogP contribution in [0.25, 0.3) is 0 Å². The topological polar surface area (TPSA) is 78.5 Å². The Kier molecular flexibility index (Phi) is 5.29. The number of rotatable bonds is 6. The first-order valence-electron chi connectivity index (χ1n) is 8.52. The number of sulfonamides is 1. The van der Waals surface area contributed by atoms with Gasteiger partial charge in [0.2, 0.25) is 10.0 Å². The van der Waals surface area contributed by atoms with E-state index in [2.05, 4.69) is 22.8 Å². The second-order valence-electron chi connectivity index (χ2n) is 6.64. The number of benzene rings is 2. The molecule has 2 aromatic rings. The fourth-order valence-corrected chi connectivity index (χ4v) is 3.50. The van der Waals surface area contributed by atoms with E-state index >= 15 is 0 Å². The van der Waals surface area contributed by atoms with Crippen molar-refractivity contribution in [1.82, 2.24) is 9.62 Å². The molecule has 1 aliphatic carbocycles. The van der Waals surface area contributed by atoms with Crippen molar-refractivity contribution in [2.75, 3.05) is 19.4 Å². The lowest BCUT2D eigenvalue weighted by atomic mass is 10.1. The van der Waals surface area contributed by atoms with Gasteiger partial charge in [-0.3, -0.25) is 0 Å². The number of urea groups is 1. The number of carbonyl (C=O) groups is 1. The van der Waals surface area contributed by atoms with E-state index in [9.17, 15) is 13.2 Å². The van der Waals surface area contributed by atoms with Crippen LogP contribution >= 0.6 is 0 Å². The van der Waals surface area contributed by atoms with E-state index in [0.717, 1.165) is 15.8 Å². The molecule has 1 aliphatic rings. The molecular formula is C19H23N3O3S. The summed E-state index contributed by atoms with van der Waals surface area (Å²) in [6, 6.07) is 14.1. The summed E-state index contributed by atoms with van der Waals surface area (Å²) < 4.78 is 25.2. The third kappa shape index (κ3) is 4.42. The molecule has 1 fully saturated rings. The van der Waals surface area contributed by atoms with Crippen LogP contribution < -0.4 is 10.6 Å². The van der Waals surface area contributed by atoms with Crippen molar-refractivity contribution < 1.29 is 13.2 Å². The highest BCUT2D eigenvalue weighted by Crippen LogP contribution is 2.39. The average Bonchev–Trinajstić information content (AvgIpc) is 3.46. The maximum absolute atomic E-state index is 12.0. The van der Waals surface area contributed by atoms with Crippen molar-refractivity contribution in [3.05, 3.63) is 59.7 Å². The van der Waals surface area contributed by atoms with Crippen LogP contribution in [0.3, 0.4) is 0 Å².